The van der Waals surface area contributed by atoms with Crippen LogP contribution in [0.4, 0.5) is 0 Å². The number of likely N-dealkylation sites (tertiary alicyclic amines) is 1. The van der Waals surface area contributed by atoms with Gasteiger partial charge >= 0.3 is 3.92 Å². The molecule has 6 heteroatoms. The van der Waals surface area contributed by atoms with Gasteiger partial charge in [-0.15, -0.1) is 0 Å². The number of carbonyl (C=O) groups excluding carboxylic acids is 1. The van der Waals surface area contributed by atoms with Gasteiger partial charge in [0.2, 0.25) is 5.91 Å². The number of nitrogens with two attached hydrogens (primary N) is 1. The van der Waals surface area contributed by atoms with Gasteiger partial charge in [-0.25, -0.2) is 0 Å². The minimum Gasteiger partial charge on any atom is -0.345 e. The first kappa shape index (κ1) is 22.4. The number of aryl methyl sites for hydroxylation is 1. The number of amides is 1. The lowest BCUT2D eigenvalue weighted by molar-refractivity contribution is -0.640. The Bertz CT molecular complexity index is 1170. The Kier molecular flexibility index (Phi) is 6.08. The molecule has 3 N–H and O–H groups in total. The molecule has 1 amide bonds. The topological polar surface area (TPSA) is 51.1 Å². The molecule has 34 heavy (non-hydrogen) atoms. The summed E-state index contributed by atoms with van der Waals surface area (Å²) >= 11 is 5.50. The van der Waals surface area contributed by atoms with E-state index in [4.69, 9.17) is 0 Å². The summed E-state index contributed by atoms with van der Waals surface area (Å²) in [5.41, 5.74) is 3.98. The quantitative estimate of drug-likeness (QED) is 0.533. The van der Waals surface area contributed by atoms with Crippen LogP contribution in [-0.4, -0.2) is 30.4 Å². The van der Waals surface area contributed by atoms with Crippen LogP contribution < -0.4 is 10.3 Å². The SMILES string of the molecule is O=C([C@@H]1C[NH2+]C[C@]12CCCc1[nH+]c(Br)sc12)N1CC[C@@H](c2ccccc2)C[C@H]1c1ccccc1. The molecule has 4 nitrogen and oxygen atoms in total. The Morgan fingerprint density at radius 1 is 1.09 bits per heavy atom. The van der Waals surface area contributed by atoms with Gasteiger partial charge in [-0.3, -0.25) is 4.79 Å². The van der Waals surface area contributed by atoms with Crippen LogP contribution in [0.25, 0.3) is 0 Å². The van der Waals surface area contributed by atoms with Crippen molar-refractivity contribution >= 4 is 33.2 Å². The van der Waals surface area contributed by atoms with Crippen molar-refractivity contribution in [3.8, 4) is 0 Å². The van der Waals surface area contributed by atoms with Gasteiger partial charge in [-0.05, 0) is 42.7 Å². The Hall–Kier alpha value is -2.02. The number of benzene rings is 2. The summed E-state index contributed by atoms with van der Waals surface area (Å²) in [5, 5.41) is 2.39. The summed E-state index contributed by atoms with van der Waals surface area (Å²) in [6.07, 6.45) is 5.39. The van der Waals surface area contributed by atoms with Crippen molar-refractivity contribution < 1.29 is 15.1 Å². The first-order valence-corrected chi connectivity index (χ1v) is 14.2. The van der Waals surface area contributed by atoms with E-state index in [1.807, 2.05) is 11.3 Å². The summed E-state index contributed by atoms with van der Waals surface area (Å²) < 4.78 is 1.09. The van der Waals surface area contributed by atoms with E-state index in [2.05, 4.69) is 91.8 Å². The molecule has 2 fully saturated rings. The van der Waals surface area contributed by atoms with E-state index < -0.39 is 0 Å². The van der Waals surface area contributed by atoms with Gasteiger partial charge in [-0.2, -0.15) is 4.98 Å². The molecule has 4 atom stereocenters. The number of quaternary nitrogens is 1. The third-order valence-electron chi connectivity index (χ3n) is 8.43. The smallest absolute Gasteiger partial charge is 0.303 e. The van der Waals surface area contributed by atoms with Crippen molar-refractivity contribution in [2.75, 3.05) is 19.6 Å². The van der Waals surface area contributed by atoms with Crippen molar-refractivity contribution in [1.29, 1.82) is 0 Å². The highest BCUT2D eigenvalue weighted by molar-refractivity contribution is 9.11. The van der Waals surface area contributed by atoms with Gasteiger partial charge in [0, 0.05) is 28.9 Å². The predicted octanol–water partition coefficient (Wildman–Crippen LogP) is 4.24. The van der Waals surface area contributed by atoms with Gasteiger partial charge in [0.25, 0.3) is 0 Å². The molecule has 176 valence electrons. The third kappa shape index (κ3) is 3.84. The maximum absolute atomic E-state index is 14.4. The van der Waals surface area contributed by atoms with Crippen molar-refractivity contribution in [2.24, 2.45) is 5.92 Å². The average Bonchev–Trinajstić information content (AvgIpc) is 3.48. The van der Waals surface area contributed by atoms with Crippen LogP contribution >= 0.6 is 27.3 Å². The lowest BCUT2D eigenvalue weighted by Crippen LogP contribution is -2.82. The number of rotatable bonds is 3. The standard InChI is InChI=1S/C28H30BrN3OS/c29-27-31-23-12-7-14-28(25(23)34-27)18-30-17-22(28)26(33)32-15-13-21(19-8-3-1-4-9-19)16-24(32)20-10-5-2-6-11-20/h1-6,8-11,21-22,24,30H,7,12-18H2/p+2/t21-,22+,24+,28-/m1/s1. The van der Waals surface area contributed by atoms with Crippen molar-refractivity contribution in [3.63, 3.8) is 0 Å². The predicted molar refractivity (Wildman–Crippen MR) is 138 cm³/mol. The van der Waals surface area contributed by atoms with E-state index in [1.54, 1.807) is 0 Å². The first-order chi connectivity index (χ1) is 16.7. The number of H-pyrrole nitrogens is 1. The highest BCUT2D eigenvalue weighted by atomic mass is 79.9. The highest BCUT2D eigenvalue weighted by Crippen LogP contribution is 2.48. The van der Waals surface area contributed by atoms with E-state index in [0.29, 0.717) is 11.8 Å². The van der Waals surface area contributed by atoms with E-state index in [9.17, 15) is 4.79 Å². The lowest BCUT2D eigenvalue weighted by atomic mass is 9.68. The molecule has 0 saturated carbocycles. The molecule has 2 aromatic carbocycles. The van der Waals surface area contributed by atoms with Gasteiger partial charge < -0.3 is 10.2 Å². The zero-order valence-electron chi connectivity index (χ0n) is 19.4. The third-order valence-corrected chi connectivity index (χ3v) is 10.3. The van der Waals surface area contributed by atoms with Crippen molar-refractivity contribution in [3.05, 3.63) is 86.3 Å². The summed E-state index contributed by atoms with van der Waals surface area (Å²) in [4.78, 5) is 21.6. The fraction of sp³-hybridized carbons (Fsp3) is 0.429. The Labute approximate surface area is 213 Å². The van der Waals surface area contributed by atoms with E-state index in [1.165, 1.54) is 21.7 Å². The number of thiazole rings is 1. The monoisotopic (exact) mass is 537 g/mol. The first-order valence-electron chi connectivity index (χ1n) is 12.6. The summed E-state index contributed by atoms with van der Waals surface area (Å²) in [6, 6.07) is 21.7. The molecule has 0 unspecified atom stereocenters. The fourth-order valence-corrected chi connectivity index (χ4v) is 8.70. The molecule has 1 aliphatic carbocycles. The van der Waals surface area contributed by atoms with Crippen LogP contribution in [0, 0.1) is 5.92 Å². The number of hydrogen-bond acceptors (Lipinski definition) is 2. The largest absolute Gasteiger partial charge is 0.345 e. The van der Waals surface area contributed by atoms with E-state index >= 15 is 0 Å². The summed E-state index contributed by atoms with van der Waals surface area (Å²) in [6.45, 7) is 2.75. The minimum atomic E-state index is -0.0324. The second-order valence-electron chi connectivity index (χ2n) is 10.2. The zero-order chi connectivity index (χ0) is 23.1. The minimum absolute atomic E-state index is 0.0324. The molecular formula is C28H32BrN3OS+2. The maximum Gasteiger partial charge on any atom is 0.303 e. The Morgan fingerprint density at radius 3 is 2.59 bits per heavy atom. The molecule has 2 aliphatic heterocycles. The number of piperidine rings is 1. The summed E-state index contributed by atoms with van der Waals surface area (Å²) in [5.74, 6) is 0.903. The van der Waals surface area contributed by atoms with Gasteiger partial charge in [0.1, 0.15) is 5.92 Å². The lowest BCUT2D eigenvalue weighted by Gasteiger charge is -2.43. The Balaban J connectivity index is 1.33. The van der Waals surface area contributed by atoms with Crippen LogP contribution in [0.5, 0.6) is 0 Å². The molecule has 2 saturated heterocycles. The van der Waals surface area contributed by atoms with Crippen LogP contribution in [0.15, 0.2) is 64.6 Å². The molecular weight excluding hydrogens is 506 g/mol. The fourth-order valence-electron chi connectivity index (χ4n) is 6.81. The zero-order valence-corrected chi connectivity index (χ0v) is 21.8. The van der Waals surface area contributed by atoms with Crippen LogP contribution in [0.1, 0.15) is 59.3 Å². The number of fused-ring (bicyclic) bond motifs is 2. The van der Waals surface area contributed by atoms with E-state index in [-0.39, 0.29) is 17.4 Å². The van der Waals surface area contributed by atoms with Crippen LogP contribution in [-0.2, 0) is 16.6 Å². The van der Waals surface area contributed by atoms with Crippen LogP contribution in [0.2, 0.25) is 0 Å². The molecule has 1 spiro atoms. The van der Waals surface area contributed by atoms with Crippen LogP contribution in [0.3, 0.4) is 0 Å². The molecule has 3 heterocycles. The number of hydrogen-bond donors (Lipinski definition) is 1. The number of nitrogens with one attached hydrogen (secondary N) is 1. The summed E-state index contributed by atoms with van der Waals surface area (Å²) in [7, 11) is 0. The van der Waals surface area contributed by atoms with E-state index in [0.717, 1.165) is 55.7 Å². The van der Waals surface area contributed by atoms with Gasteiger partial charge in [-0.1, -0.05) is 72.0 Å². The molecule has 0 radical (unpaired) electrons. The molecule has 6 rings (SSSR count). The number of nitrogens with zero attached hydrogens (tertiary/aromatic N) is 1. The molecule has 0 bridgehead atoms. The van der Waals surface area contributed by atoms with Crippen molar-refractivity contribution in [2.45, 2.75) is 49.5 Å². The maximum atomic E-state index is 14.4. The van der Waals surface area contributed by atoms with Gasteiger partial charge in [0.05, 0.1) is 29.4 Å². The second-order valence-corrected chi connectivity index (χ2v) is 12.5. The number of carbonyl (C=O) groups is 1. The molecule has 3 aliphatic rings. The van der Waals surface area contributed by atoms with Gasteiger partial charge in [0.15, 0.2) is 5.69 Å². The van der Waals surface area contributed by atoms with Crippen molar-refractivity contribution in [1.82, 2.24) is 4.90 Å². The molecule has 1 aromatic heterocycles. The number of halogens is 1. The average molecular weight is 539 g/mol. The Morgan fingerprint density at radius 2 is 1.82 bits per heavy atom. The highest BCUT2D eigenvalue weighted by Gasteiger charge is 2.57. The number of aromatic amines is 1. The second kappa shape index (κ2) is 9.21. The molecule has 3 aromatic rings. The normalized spacial score (nSPS) is 28.7. The number of aromatic nitrogens is 1.